The molecule has 6 nitrogen and oxygen atoms in total. The lowest BCUT2D eigenvalue weighted by molar-refractivity contribution is -0.140. The van der Waals surface area contributed by atoms with Crippen molar-refractivity contribution in [3.05, 3.63) is 33.6 Å². The van der Waals surface area contributed by atoms with Crippen molar-refractivity contribution in [1.82, 2.24) is 20.8 Å². The molecule has 0 saturated heterocycles. The van der Waals surface area contributed by atoms with Crippen LogP contribution in [0.15, 0.2) is 21.0 Å². The number of halogens is 4. The maximum absolute atomic E-state index is 12.6. The molecule has 0 aliphatic rings. The number of thiazole rings is 1. The van der Waals surface area contributed by atoms with Crippen LogP contribution in [0.1, 0.15) is 54.8 Å². The highest BCUT2D eigenvalue weighted by Gasteiger charge is 2.33. The normalized spacial score (nSPS) is 12.2. The van der Waals surface area contributed by atoms with Crippen LogP contribution in [0.25, 0.3) is 0 Å². The summed E-state index contributed by atoms with van der Waals surface area (Å²) in [7, 11) is 1.62. The van der Waals surface area contributed by atoms with Crippen molar-refractivity contribution in [3.8, 4) is 0 Å². The smallest absolute Gasteiger partial charge is 0.359 e. The number of hydrogen-bond acceptors (Lipinski definition) is 5. The van der Waals surface area contributed by atoms with Crippen LogP contribution in [0, 0.1) is 0 Å². The predicted octanol–water partition coefficient (Wildman–Crippen LogP) is 4.58. The van der Waals surface area contributed by atoms with Gasteiger partial charge in [0.05, 0.1) is 17.2 Å². The van der Waals surface area contributed by atoms with Crippen LogP contribution in [-0.2, 0) is 19.1 Å². The quantitative estimate of drug-likeness (QED) is 0.297. The molecule has 11 heteroatoms. The average Bonchev–Trinajstić information content (AvgIpc) is 3.28. The Morgan fingerprint density at radius 1 is 1.29 bits per heavy atom. The Balaban J connectivity index is 0.00000392. The molecule has 2 heterocycles. The summed E-state index contributed by atoms with van der Waals surface area (Å²) in [5.41, 5.74) is 0.104. The molecule has 28 heavy (non-hydrogen) atoms. The lowest BCUT2D eigenvalue weighted by Crippen LogP contribution is -2.37. The molecule has 0 atom stereocenters. The van der Waals surface area contributed by atoms with Crippen molar-refractivity contribution in [2.45, 2.75) is 51.7 Å². The molecule has 0 aliphatic carbocycles. The van der Waals surface area contributed by atoms with E-state index >= 15 is 0 Å². The molecule has 0 aromatic carbocycles. The number of guanidine groups is 1. The molecule has 0 saturated carbocycles. The van der Waals surface area contributed by atoms with Crippen molar-refractivity contribution in [3.63, 3.8) is 0 Å². The zero-order chi connectivity index (χ0) is 19.9. The zero-order valence-corrected chi connectivity index (χ0v) is 19.1. The molecule has 2 N–H and O–H groups in total. The van der Waals surface area contributed by atoms with E-state index in [1.54, 1.807) is 7.05 Å². The fourth-order valence-corrected chi connectivity index (χ4v) is 3.35. The van der Waals surface area contributed by atoms with Gasteiger partial charge < -0.3 is 15.2 Å². The Kier molecular flexibility index (Phi) is 10.2. The van der Waals surface area contributed by atoms with Gasteiger partial charge in [0.25, 0.3) is 0 Å². The maximum atomic E-state index is 12.6. The first kappa shape index (κ1) is 24.7. The Morgan fingerprint density at radius 3 is 2.57 bits per heavy atom. The molecule has 0 amide bonds. The van der Waals surface area contributed by atoms with Crippen LogP contribution in [0.2, 0.25) is 0 Å². The molecule has 2 aromatic heterocycles. The maximum Gasteiger partial charge on any atom is 0.434 e. The molecule has 0 fully saturated rings. The van der Waals surface area contributed by atoms with Crippen LogP contribution in [0.3, 0.4) is 0 Å². The Hall–Kier alpha value is -1.37. The lowest BCUT2D eigenvalue weighted by atomic mass is 9.99. The van der Waals surface area contributed by atoms with Crippen molar-refractivity contribution in [1.29, 1.82) is 0 Å². The van der Waals surface area contributed by atoms with Crippen LogP contribution in [-0.4, -0.2) is 29.7 Å². The third-order valence-corrected chi connectivity index (χ3v) is 5.02. The van der Waals surface area contributed by atoms with E-state index in [0.717, 1.165) is 35.3 Å². The van der Waals surface area contributed by atoms with Gasteiger partial charge in [-0.25, -0.2) is 4.98 Å². The third kappa shape index (κ3) is 7.22. The summed E-state index contributed by atoms with van der Waals surface area (Å²) in [4.78, 5) is 7.69. The first-order valence-electron chi connectivity index (χ1n) is 8.78. The molecule has 0 spiro atoms. The van der Waals surface area contributed by atoms with Crippen LogP contribution >= 0.6 is 35.3 Å². The summed E-state index contributed by atoms with van der Waals surface area (Å²) in [6, 6.07) is 1.94. The predicted molar refractivity (Wildman–Crippen MR) is 114 cm³/mol. The van der Waals surface area contributed by atoms with Crippen molar-refractivity contribution >= 4 is 41.3 Å². The second-order valence-corrected chi connectivity index (χ2v) is 6.90. The van der Waals surface area contributed by atoms with E-state index in [4.69, 9.17) is 4.52 Å². The lowest BCUT2D eigenvalue weighted by Gasteiger charge is -2.10. The van der Waals surface area contributed by atoms with E-state index in [1.165, 1.54) is 0 Å². The van der Waals surface area contributed by atoms with Gasteiger partial charge in [-0.05, 0) is 12.8 Å². The van der Waals surface area contributed by atoms with Gasteiger partial charge in [-0.3, -0.25) is 4.99 Å². The number of aliphatic imine (C=N–C) groups is 1. The average molecular weight is 531 g/mol. The van der Waals surface area contributed by atoms with Crippen molar-refractivity contribution < 1.29 is 17.7 Å². The summed E-state index contributed by atoms with van der Waals surface area (Å²) in [6.07, 6.45) is -2.01. The highest BCUT2D eigenvalue weighted by atomic mass is 127. The largest absolute Gasteiger partial charge is 0.434 e. The number of alkyl halides is 3. The summed E-state index contributed by atoms with van der Waals surface area (Å²) < 4.78 is 43.0. The van der Waals surface area contributed by atoms with Crippen LogP contribution in [0.5, 0.6) is 0 Å². The van der Waals surface area contributed by atoms with Gasteiger partial charge in [0.1, 0.15) is 0 Å². The SMILES string of the molecule is CCC(CC)c1cc(CNC(=NC)NCCc2nc(C(F)(F)F)cs2)on1.I. The highest BCUT2D eigenvalue weighted by molar-refractivity contribution is 14.0. The molecule has 0 aliphatic heterocycles. The Morgan fingerprint density at radius 2 is 2.00 bits per heavy atom. The summed E-state index contributed by atoms with van der Waals surface area (Å²) >= 11 is 1.00. The highest BCUT2D eigenvalue weighted by Crippen LogP contribution is 2.30. The molecule has 158 valence electrons. The van der Waals surface area contributed by atoms with Gasteiger partial charge in [0.2, 0.25) is 0 Å². The van der Waals surface area contributed by atoms with Crippen molar-refractivity contribution in [2.75, 3.05) is 13.6 Å². The third-order valence-electron chi connectivity index (χ3n) is 4.11. The summed E-state index contributed by atoms with van der Waals surface area (Å²) in [5.74, 6) is 1.62. The number of nitrogens with zero attached hydrogens (tertiary/aromatic N) is 3. The van der Waals surface area contributed by atoms with Gasteiger partial charge in [0, 0.05) is 37.4 Å². The van der Waals surface area contributed by atoms with Gasteiger partial charge >= 0.3 is 6.18 Å². The Bertz CT molecular complexity index is 743. The van der Waals surface area contributed by atoms with Gasteiger partial charge in [-0.15, -0.1) is 35.3 Å². The van der Waals surface area contributed by atoms with Crippen molar-refractivity contribution in [2.24, 2.45) is 4.99 Å². The monoisotopic (exact) mass is 531 g/mol. The minimum Gasteiger partial charge on any atom is -0.359 e. The van der Waals surface area contributed by atoms with E-state index in [1.807, 2.05) is 6.07 Å². The summed E-state index contributed by atoms with van der Waals surface area (Å²) in [5, 5.41) is 11.7. The molecule has 0 unspecified atom stereocenters. The second-order valence-electron chi connectivity index (χ2n) is 5.96. The first-order chi connectivity index (χ1) is 12.9. The van der Waals surface area contributed by atoms with E-state index < -0.39 is 11.9 Å². The topological polar surface area (TPSA) is 75.3 Å². The number of rotatable bonds is 8. The van der Waals surface area contributed by atoms with Crippen LogP contribution in [0.4, 0.5) is 13.2 Å². The number of nitrogens with one attached hydrogen (secondary N) is 2. The first-order valence-corrected chi connectivity index (χ1v) is 9.66. The molecular formula is C17H25F3IN5OS. The minimum absolute atomic E-state index is 0. The second kappa shape index (κ2) is 11.6. The van der Waals surface area contributed by atoms with E-state index in [0.29, 0.717) is 42.2 Å². The fraction of sp³-hybridized carbons (Fsp3) is 0.588. The van der Waals surface area contributed by atoms with Gasteiger partial charge in [-0.2, -0.15) is 13.2 Å². The van der Waals surface area contributed by atoms with Gasteiger partial charge in [0.15, 0.2) is 17.4 Å². The summed E-state index contributed by atoms with van der Waals surface area (Å²) in [6.45, 7) is 5.07. The zero-order valence-electron chi connectivity index (χ0n) is 16.0. The molecule has 0 radical (unpaired) electrons. The fourth-order valence-electron chi connectivity index (χ4n) is 2.55. The van der Waals surface area contributed by atoms with E-state index in [9.17, 15) is 13.2 Å². The molecular weight excluding hydrogens is 506 g/mol. The molecule has 2 aromatic rings. The van der Waals surface area contributed by atoms with E-state index in [-0.39, 0.29) is 24.0 Å². The number of hydrogen-bond donors (Lipinski definition) is 2. The van der Waals surface area contributed by atoms with Crippen LogP contribution < -0.4 is 10.6 Å². The standard InChI is InChI=1S/C17H24F3N5OS.HI/c1-4-11(5-2)13-8-12(26-25-13)9-23-16(21-3)22-7-6-15-24-14(10-27-15)17(18,19)20;/h8,10-11H,4-7,9H2,1-3H3,(H2,21,22,23);1H. The molecule has 2 rings (SSSR count). The minimum atomic E-state index is -4.40. The molecule has 0 bridgehead atoms. The van der Waals surface area contributed by atoms with E-state index in [2.05, 4.69) is 39.6 Å². The number of aromatic nitrogens is 2. The van der Waals surface area contributed by atoms with Gasteiger partial charge in [-0.1, -0.05) is 19.0 Å². The Labute approximate surface area is 183 Å².